The van der Waals surface area contributed by atoms with Crippen LogP contribution in [-0.2, 0) is 11.3 Å². The second-order valence-electron chi connectivity index (χ2n) is 7.16. The molecule has 0 amide bonds. The highest BCUT2D eigenvalue weighted by molar-refractivity contribution is 14.0. The number of methoxy groups -OCH3 is 2. The summed E-state index contributed by atoms with van der Waals surface area (Å²) < 4.78 is 10.4. The van der Waals surface area contributed by atoms with Crippen LogP contribution >= 0.6 is 24.0 Å². The number of hydrogen-bond donors (Lipinski definition) is 1. The van der Waals surface area contributed by atoms with Gasteiger partial charge in [0.15, 0.2) is 5.96 Å². The van der Waals surface area contributed by atoms with Crippen molar-refractivity contribution in [1.29, 1.82) is 0 Å². The van der Waals surface area contributed by atoms with E-state index in [-0.39, 0.29) is 29.7 Å². The fourth-order valence-electron chi connectivity index (χ4n) is 3.39. The first-order valence-electron chi connectivity index (χ1n) is 10.2. The maximum absolute atomic E-state index is 10.8. The Labute approximate surface area is 205 Å². The first kappa shape index (κ1) is 25.7. The molecule has 0 spiro atoms. The largest absolute Gasteiger partial charge is 0.497 e. The molecule has 0 aromatic heterocycles. The summed E-state index contributed by atoms with van der Waals surface area (Å²) in [6.07, 6.45) is 0. The second-order valence-corrected chi connectivity index (χ2v) is 7.16. The Kier molecular flexibility index (Phi) is 10.5. The van der Waals surface area contributed by atoms with Gasteiger partial charge in [-0.3, -0.25) is 10.1 Å². The van der Waals surface area contributed by atoms with Crippen molar-refractivity contribution in [2.24, 2.45) is 4.99 Å². The number of anilines is 1. The van der Waals surface area contributed by atoms with Crippen LogP contribution in [0.3, 0.4) is 0 Å². The molecule has 1 saturated heterocycles. The summed E-state index contributed by atoms with van der Waals surface area (Å²) >= 11 is 0. The number of nitrogens with zero attached hydrogens (tertiary/aromatic N) is 4. The third kappa shape index (κ3) is 7.23. The number of hydrogen-bond acceptors (Lipinski definition) is 6. The summed E-state index contributed by atoms with van der Waals surface area (Å²) in [5, 5.41) is 14.2. The van der Waals surface area contributed by atoms with Crippen LogP contribution in [0.2, 0.25) is 0 Å². The molecule has 0 bridgehead atoms. The number of benzene rings is 2. The monoisotopic (exact) mass is 555 g/mol. The van der Waals surface area contributed by atoms with Gasteiger partial charge in [-0.05, 0) is 29.8 Å². The predicted octanol–water partition coefficient (Wildman–Crippen LogP) is 3.14. The van der Waals surface area contributed by atoms with E-state index < -0.39 is 4.92 Å². The van der Waals surface area contributed by atoms with E-state index in [0.717, 1.165) is 43.5 Å². The van der Waals surface area contributed by atoms with E-state index in [1.807, 2.05) is 12.1 Å². The van der Waals surface area contributed by atoms with Crippen LogP contribution in [0.1, 0.15) is 5.56 Å². The molecule has 0 aliphatic carbocycles. The van der Waals surface area contributed by atoms with E-state index in [1.54, 1.807) is 26.4 Å². The molecule has 32 heavy (non-hydrogen) atoms. The lowest BCUT2D eigenvalue weighted by atomic mass is 10.2. The molecular formula is C22H30IN5O4. The van der Waals surface area contributed by atoms with Crippen molar-refractivity contribution < 1.29 is 14.4 Å². The zero-order valence-corrected chi connectivity index (χ0v) is 20.7. The number of ether oxygens (including phenoxy) is 2. The first-order chi connectivity index (χ1) is 15.1. The lowest BCUT2D eigenvalue weighted by Crippen LogP contribution is -2.53. The fourth-order valence-corrected chi connectivity index (χ4v) is 3.39. The average molecular weight is 555 g/mol. The molecule has 2 aromatic rings. The zero-order valence-electron chi connectivity index (χ0n) is 18.4. The summed E-state index contributed by atoms with van der Waals surface area (Å²) in [6.45, 7) is 5.14. The summed E-state index contributed by atoms with van der Waals surface area (Å²) in [6, 6.07) is 14.6. The predicted molar refractivity (Wildman–Crippen MR) is 136 cm³/mol. The molecule has 2 aromatic carbocycles. The minimum absolute atomic E-state index is 0. The summed E-state index contributed by atoms with van der Waals surface area (Å²) in [5.41, 5.74) is 2.19. The lowest BCUT2D eigenvalue weighted by Gasteiger charge is -2.37. The number of piperazine rings is 1. The van der Waals surface area contributed by atoms with Crippen molar-refractivity contribution in [2.75, 3.05) is 58.5 Å². The number of aliphatic imine (C=N–C) groups is 1. The average Bonchev–Trinajstić information content (AvgIpc) is 2.82. The van der Waals surface area contributed by atoms with Gasteiger partial charge in [0, 0.05) is 57.7 Å². The van der Waals surface area contributed by atoms with Gasteiger partial charge < -0.3 is 24.6 Å². The molecule has 9 nitrogen and oxygen atoms in total. The summed E-state index contributed by atoms with van der Waals surface area (Å²) in [4.78, 5) is 19.8. The Balaban J connectivity index is 0.00000363. The van der Waals surface area contributed by atoms with E-state index in [9.17, 15) is 10.1 Å². The molecule has 174 valence electrons. The Morgan fingerprint density at radius 1 is 1.06 bits per heavy atom. The smallest absolute Gasteiger partial charge is 0.269 e. The minimum Gasteiger partial charge on any atom is -0.497 e. The van der Waals surface area contributed by atoms with Gasteiger partial charge in [-0.1, -0.05) is 12.1 Å². The molecule has 1 N–H and O–H groups in total. The normalized spacial score (nSPS) is 14.0. The molecule has 0 unspecified atom stereocenters. The van der Waals surface area contributed by atoms with Gasteiger partial charge in [-0.2, -0.15) is 0 Å². The third-order valence-electron chi connectivity index (χ3n) is 5.16. The van der Waals surface area contributed by atoms with Crippen molar-refractivity contribution in [1.82, 2.24) is 10.2 Å². The van der Waals surface area contributed by atoms with Gasteiger partial charge in [0.05, 0.1) is 25.2 Å². The number of guanidine groups is 1. The van der Waals surface area contributed by atoms with Crippen molar-refractivity contribution in [2.45, 2.75) is 6.54 Å². The molecule has 1 aliphatic heterocycles. The molecule has 10 heteroatoms. The lowest BCUT2D eigenvalue weighted by molar-refractivity contribution is -0.384. The van der Waals surface area contributed by atoms with Gasteiger partial charge in [0.2, 0.25) is 0 Å². The zero-order chi connectivity index (χ0) is 22.1. The van der Waals surface area contributed by atoms with E-state index in [2.05, 4.69) is 27.2 Å². The van der Waals surface area contributed by atoms with Crippen molar-refractivity contribution in [3.63, 3.8) is 0 Å². The van der Waals surface area contributed by atoms with Crippen LogP contribution in [0.25, 0.3) is 0 Å². The summed E-state index contributed by atoms with van der Waals surface area (Å²) in [5.74, 6) is 1.68. The van der Waals surface area contributed by atoms with Crippen LogP contribution < -0.4 is 15.0 Å². The van der Waals surface area contributed by atoms with Crippen LogP contribution in [-0.4, -0.2) is 69.3 Å². The maximum Gasteiger partial charge on any atom is 0.269 e. The topological polar surface area (TPSA) is 92.5 Å². The second kappa shape index (κ2) is 13.1. The first-order valence-corrected chi connectivity index (χ1v) is 10.2. The number of nitro benzene ring substituents is 1. The maximum atomic E-state index is 10.8. The molecule has 0 radical (unpaired) electrons. The number of non-ortho nitro benzene ring substituents is 1. The van der Waals surface area contributed by atoms with Gasteiger partial charge in [0.1, 0.15) is 5.75 Å². The van der Waals surface area contributed by atoms with Gasteiger partial charge >= 0.3 is 0 Å². The molecule has 1 fully saturated rings. The van der Waals surface area contributed by atoms with Crippen LogP contribution in [0, 0.1) is 10.1 Å². The van der Waals surface area contributed by atoms with E-state index in [1.165, 1.54) is 17.8 Å². The molecule has 0 atom stereocenters. The number of nitrogens with one attached hydrogen (secondary N) is 1. The van der Waals surface area contributed by atoms with Crippen LogP contribution in [0.5, 0.6) is 5.75 Å². The van der Waals surface area contributed by atoms with Gasteiger partial charge in [-0.15, -0.1) is 24.0 Å². The van der Waals surface area contributed by atoms with Crippen molar-refractivity contribution >= 4 is 41.3 Å². The van der Waals surface area contributed by atoms with Crippen LogP contribution in [0.4, 0.5) is 11.4 Å². The quantitative estimate of drug-likeness (QED) is 0.134. The number of halogens is 1. The fraction of sp³-hybridized carbons (Fsp3) is 0.409. The van der Waals surface area contributed by atoms with Gasteiger partial charge in [0.25, 0.3) is 5.69 Å². The standard InChI is InChI=1S/C22H29N5O4.HI/c1-30-16-11-23-22(24-17-18-3-5-20(6-4-18)27(28)29)26-14-12-25(13-15-26)19-7-9-21(31-2)10-8-19;/h3-10H,11-17H2,1-2H3,(H,23,24);1H. The molecular weight excluding hydrogens is 525 g/mol. The molecule has 1 heterocycles. The molecule has 3 rings (SSSR count). The third-order valence-corrected chi connectivity index (χ3v) is 5.16. The number of rotatable bonds is 8. The van der Waals surface area contributed by atoms with Crippen molar-refractivity contribution in [3.05, 3.63) is 64.2 Å². The van der Waals surface area contributed by atoms with E-state index >= 15 is 0 Å². The highest BCUT2D eigenvalue weighted by atomic mass is 127. The number of nitro groups is 1. The van der Waals surface area contributed by atoms with E-state index in [0.29, 0.717) is 19.7 Å². The molecule has 0 saturated carbocycles. The highest BCUT2D eigenvalue weighted by Crippen LogP contribution is 2.20. The van der Waals surface area contributed by atoms with Crippen LogP contribution in [0.15, 0.2) is 53.5 Å². The molecule has 1 aliphatic rings. The summed E-state index contributed by atoms with van der Waals surface area (Å²) in [7, 11) is 3.34. The van der Waals surface area contributed by atoms with E-state index in [4.69, 9.17) is 14.5 Å². The SMILES string of the molecule is COCCNC(=NCc1ccc([N+](=O)[O-])cc1)N1CCN(c2ccc(OC)cc2)CC1.I. The Bertz CT molecular complexity index is 869. The Morgan fingerprint density at radius 3 is 2.28 bits per heavy atom. The Hall–Kier alpha value is -2.60. The highest BCUT2D eigenvalue weighted by Gasteiger charge is 2.20. The van der Waals surface area contributed by atoms with Crippen molar-refractivity contribution in [3.8, 4) is 5.75 Å². The van der Waals surface area contributed by atoms with Gasteiger partial charge in [-0.25, -0.2) is 4.99 Å². The minimum atomic E-state index is -0.396. The Morgan fingerprint density at radius 2 is 1.72 bits per heavy atom.